The molecule has 0 aliphatic heterocycles. The lowest BCUT2D eigenvalue weighted by Gasteiger charge is -2.44. The van der Waals surface area contributed by atoms with Gasteiger partial charge in [0.25, 0.3) is 0 Å². The van der Waals surface area contributed by atoms with Crippen LogP contribution in [0.1, 0.15) is 44.2 Å². The molecule has 2 rings (SSSR count). The SMILES string of the molecule is CNC(c1cc(F)ccc1OC)C1(OC)CCC(C)CC1. The van der Waals surface area contributed by atoms with Gasteiger partial charge in [-0.1, -0.05) is 6.92 Å². The molecular formula is C17H26FNO2. The highest BCUT2D eigenvalue weighted by molar-refractivity contribution is 5.38. The Morgan fingerprint density at radius 1 is 1.29 bits per heavy atom. The van der Waals surface area contributed by atoms with Crippen molar-refractivity contribution in [3.63, 3.8) is 0 Å². The molecule has 1 saturated carbocycles. The number of halogens is 1. The first kappa shape index (κ1) is 16.2. The Bertz CT molecular complexity index is 470. The van der Waals surface area contributed by atoms with Gasteiger partial charge in [0, 0.05) is 12.7 Å². The van der Waals surface area contributed by atoms with Crippen molar-refractivity contribution >= 4 is 0 Å². The summed E-state index contributed by atoms with van der Waals surface area (Å²) < 4.78 is 25.1. The molecule has 0 aromatic heterocycles. The van der Waals surface area contributed by atoms with Crippen molar-refractivity contribution in [1.82, 2.24) is 5.32 Å². The zero-order chi connectivity index (χ0) is 15.5. The molecule has 1 fully saturated rings. The van der Waals surface area contributed by atoms with Crippen LogP contribution in [-0.2, 0) is 4.74 Å². The van der Waals surface area contributed by atoms with E-state index < -0.39 is 0 Å². The second kappa shape index (κ2) is 6.75. The van der Waals surface area contributed by atoms with Crippen LogP contribution in [0.3, 0.4) is 0 Å². The molecular weight excluding hydrogens is 269 g/mol. The Kier molecular flexibility index (Phi) is 5.22. The number of ether oxygens (including phenoxy) is 2. The molecule has 1 N–H and O–H groups in total. The van der Waals surface area contributed by atoms with Crippen LogP contribution in [0.2, 0.25) is 0 Å². The van der Waals surface area contributed by atoms with Crippen molar-refractivity contribution < 1.29 is 13.9 Å². The Balaban J connectivity index is 2.40. The van der Waals surface area contributed by atoms with E-state index in [9.17, 15) is 4.39 Å². The third-order valence-corrected chi connectivity index (χ3v) is 4.84. The molecule has 1 aliphatic carbocycles. The number of hydrogen-bond donors (Lipinski definition) is 1. The van der Waals surface area contributed by atoms with Crippen molar-refractivity contribution in [1.29, 1.82) is 0 Å². The van der Waals surface area contributed by atoms with Gasteiger partial charge in [-0.2, -0.15) is 0 Å². The van der Waals surface area contributed by atoms with Gasteiger partial charge in [-0.25, -0.2) is 4.39 Å². The van der Waals surface area contributed by atoms with Crippen molar-refractivity contribution in [2.24, 2.45) is 5.92 Å². The zero-order valence-electron chi connectivity index (χ0n) is 13.4. The monoisotopic (exact) mass is 295 g/mol. The van der Waals surface area contributed by atoms with Crippen LogP contribution in [0.25, 0.3) is 0 Å². The average Bonchev–Trinajstić information content (AvgIpc) is 2.50. The third kappa shape index (κ3) is 3.22. The minimum Gasteiger partial charge on any atom is -0.496 e. The highest BCUT2D eigenvalue weighted by Crippen LogP contribution is 2.44. The number of nitrogens with one attached hydrogen (secondary N) is 1. The van der Waals surface area contributed by atoms with E-state index in [0.717, 1.165) is 37.2 Å². The molecule has 0 heterocycles. The fourth-order valence-corrected chi connectivity index (χ4v) is 3.49. The molecule has 1 aromatic carbocycles. The zero-order valence-corrected chi connectivity index (χ0v) is 13.4. The molecule has 1 aliphatic rings. The van der Waals surface area contributed by atoms with Crippen LogP contribution in [0, 0.1) is 11.7 Å². The Labute approximate surface area is 126 Å². The first-order valence-corrected chi connectivity index (χ1v) is 7.62. The highest BCUT2D eigenvalue weighted by Gasteiger charge is 2.42. The molecule has 118 valence electrons. The molecule has 0 amide bonds. The molecule has 0 radical (unpaired) electrons. The van der Waals surface area contributed by atoms with Crippen molar-refractivity contribution in [3.8, 4) is 5.75 Å². The minimum atomic E-state index is -0.303. The van der Waals surface area contributed by atoms with E-state index >= 15 is 0 Å². The van der Waals surface area contributed by atoms with Gasteiger partial charge in [0.15, 0.2) is 0 Å². The van der Waals surface area contributed by atoms with Crippen molar-refractivity contribution in [2.45, 2.75) is 44.2 Å². The van der Waals surface area contributed by atoms with Crippen molar-refractivity contribution in [2.75, 3.05) is 21.3 Å². The van der Waals surface area contributed by atoms with Crippen molar-refractivity contribution in [3.05, 3.63) is 29.6 Å². The summed E-state index contributed by atoms with van der Waals surface area (Å²) in [6.07, 6.45) is 4.19. The fraction of sp³-hybridized carbons (Fsp3) is 0.647. The number of benzene rings is 1. The standard InChI is InChI=1S/C17H26FNO2/c1-12-7-9-17(21-4,10-8-12)16(19-2)14-11-13(18)5-6-15(14)20-3/h5-6,11-12,16,19H,7-10H2,1-4H3. The molecule has 3 nitrogen and oxygen atoms in total. The maximum Gasteiger partial charge on any atom is 0.123 e. The van der Waals surface area contributed by atoms with Crippen LogP contribution in [-0.4, -0.2) is 26.9 Å². The predicted molar refractivity (Wildman–Crippen MR) is 82.1 cm³/mol. The van der Waals surface area contributed by atoms with E-state index in [2.05, 4.69) is 12.2 Å². The second-order valence-electron chi connectivity index (χ2n) is 6.06. The largest absolute Gasteiger partial charge is 0.496 e. The van der Waals surface area contributed by atoms with E-state index in [1.165, 1.54) is 6.07 Å². The van der Waals surface area contributed by atoms with Gasteiger partial charge < -0.3 is 14.8 Å². The molecule has 0 bridgehead atoms. The molecule has 1 aromatic rings. The summed E-state index contributed by atoms with van der Waals surface area (Å²) >= 11 is 0. The van der Waals surface area contributed by atoms with Gasteiger partial charge in [0.2, 0.25) is 0 Å². The summed E-state index contributed by atoms with van der Waals surface area (Å²) in [5.41, 5.74) is 0.527. The highest BCUT2D eigenvalue weighted by atomic mass is 19.1. The number of rotatable bonds is 5. The first-order chi connectivity index (χ1) is 10.1. The summed E-state index contributed by atoms with van der Waals surface area (Å²) in [6.45, 7) is 2.27. The quantitative estimate of drug-likeness (QED) is 0.898. The van der Waals surface area contributed by atoms with Gasteiger partial charge in [0.1, 0.15) is 11.6 Å². The van der Waals surface area contributed by atoms with E-state index in [1.807, 2.05) is 7.05 Å². The molecule has 1 unspecified atom stereocenters. The lowest BCUT2D eigenvalue weighted by molar-refractivity contribution is -0.0749. The van der Waals surface area contributed by atoms with Crippen LogP contribution >= 0.6 is 0 Å². The first-order valence-electron chi connectivity index (χ1n) is 7.62. The van der Waals surface area contributed by atoms with Gasteiger partial charge in [0.05, 0.1) is 18.8 Å². The Hall–Kier alpha value is -1.13. The Morgan fingerprint density at radius 2 is 1.95 bits per heavy atom. The number of hydrogen-bond acceptors (Lipinski definition) is 3. The minimum absolute atomic E-state index is 0.0827. The van der Waals surface area contributed by atoms with Gasteiger partial charge >= 0.3 is 0 Å². The normalized spacial score (nSPS) is 27.4. The third-order valence-electron chi connectivity index (χ3n) is 4.84. The van der Waals surface area contributed by atoms with E-state index in [0.29, 0.717) is 5.75 Å². The second-order valence-corrected chi connectivity index (χ2v) is 6.06. The summed E-state index contributed by atoms with van der Waals surface area (Å²) in [5.74, 6) is 1.17. The molecule has 4 heteroatoms. The van der Waals surface area contributed by atoms with Crippen LogP contribution in [0.4, 0.5) is 4.39 Å². The van der Waals surface area contributed by atoms with E-state index in [1.54, 1.807) is 26.4 Å². The molecule has 21 heavy (non-hydrogen) atoms. The van der Waals surface area contributed by atoms with Gasteiger partial charge in [-0.15, -0.1) is 0 Å². The van der Waals surface area contributed by atoms with Crippen LogP contribution < -0.4 is 10.1 Å². The maximum atomic E-state index is 13.7. The number of likely N-dealkylation sites (N-methyl/N-ethyl adjacent to an activating group) is 1. The van der Waals surface area contributed by atoms with E-state index in [4.69, 9.17) is 9.47 Å². The topological polar surface area (TPSA) is 30.5 Å². The summed E-state index contributed by atoms with van der Waals surface area (Å²) in [7, 11) is 5.27. The summed E-state index contributed by atoms with van der Waals surface area (Å²) in [4.78, 5) is 0. The van der Waals surface area contributed by atoms with E-state index in [-0.39, 0.29) is 17.5 Å². The summed E-state index contributed by atoms with van der Waals surface area (Å²) in [5, 5.41) is 3.32. The molecule has 0 saturated heterocycles. The van der Waals surface area contributed by atoms with Gasteiger partial charge in [-0.3, -0.25) is 0 Å². The van der Waals surface area contributed by atoms with Gasteiger partial charge in [-0.05, 0) is 56.8 Å². The lowest BCUT2D eigenvalue weighted by atomic mass is 9.73. The predicted octanol–water partition coefficient (Wildman–Crippen LogP) is 3.69. The number of methoxy groups -OCH3 is 2. The van der Waals surface area contributed by atoms with Crippen LogP contribution in [0.15, 0.2) is 18.2 Å². The average molecular weight is 295 g/mol. The molecule has 1 atom stereocenters. The molecule has 0 spiro atoms. The van der Waals surface area contributed by atoms with Crippen LogP contribution in [0.5, 0.6) is 5.75 Å². The summed E-state index contributed by atoms with van der Waals surface area (Å²) in [6, 6.07) is 4.58. The lowest BCUT2D eigenvalue weighted by Crippen LogP contribution is -2.47. The fourth-order valence-electron chi connectivity index (χ4n) is 3.49. The maximum absolute atomic E-state index is 13.7. The smallest absolute Gasteiger partial charge is 0.123 e. The Morgan fingerprint density at radius 3 is 2.48 bits per heavy atom.